The van der Waals surface area contributed by atoms with Crippen LogP contribution >= 0.6 is 0 Å². The van der Waals surface area contributed by atoms with Gasteiger partial charge >= 0.3 is 11.9 Å². The Hall–Kier alpha value is -1.32. The van der Waals surface area contributed by atoms with Gasteiger partial charge in [-0.25, -0.2) is 0 Å². The number of allylic oxidation sites excluding steroid dienone is 2. The van der Waals surface area contributed by atoms with Gasteiger partial charge in [-0.2, -0.15) is 0 Å². The van der Waals surface area contributed by atoms with Crippen LogP contribution in [-0.4, -0.2) is 23.1 Å². The normalized spacial score (nSPS) is 12.2. The van der Waals surface area contributed by atoms with E-state index in [-0.39, 0.29) is 12.1 Å². The van der Waals surface area contributed by atoms with Gasteiger partial charge in [-0.15, -0.1) is 0 Å². The van der Waals surface area contributed by atoms with Gasteiger partial charge in [0.2, 0.25) is 0 Å². The van der Waals surface area contributed by atoms with Crippen LogP contribution in [0.5, 0.6) is 0 Å². The highest BCUT2D eigenvalue weighted by Gasteiger charge is 2.14. The lowest BCUT2D eigenvalue weighted by Gasteiger charge is -2.18. The van der Waals surface area contributed by atoms with Crippen molar-refractivity contribution in [2.45, 2.75) is 219 Å². The molecular weight excluding hydrogens is 520 g/mol. The lowest BCUT2D eigenvalue weighted by atomic mass is 10.0. The summed E-state index contributed by atoms with van der Waals surface area (Å²) in [6.45, 7) is 4.51. The number of aliphatic carboxylic acids is 1. The molecule has 0 saturated heterocycles. The summed E-state index contributed by atoms with van der Waals surface area (Å²) in [5.74, 6) is -0.651. The lowest BCUT2D eigenvalue weighted by Crippen LogP contribution is -2.18. The first-order valence-corrected chi connectivity index (χ1v) is 18.7. The number of carbonyl (C=O) groups is 2. The fourth-order valence-electron chi connectivity index (χ4n) is 5.69. The molecule has 0 aliphatic heterocycles. The predicted octanol–water partition coefficient (Wildman–Crippen LogP) is 12.7. The molecule has 0 spiro atoms. The van der Waals surface area contributed by atoms with Crippen molar-refractivity contribution < 1.29 is 19.4 Å². The fourth-order valence-corrected chi connectivity index (χ4v) is 5.69. The molecule has 0 aromatic rings. The molecule has 248 valence electrons. The maximum atomic E-state index is 12.6. The number of ether oxygens (including phenoxy) is 1. The molecule has 0 saturated carbocycles. The lowest BCUT2D eigenvalue weighted by molar-refractivity contribution is -0.150. The maximum Gasteiger partial charge on any atom is 0.306 e. The first-order valence-electron chi connectivity index (χ1n) is 18.7. The van der Waals surface area contributed by atoms with Crippen molar-refractivity contribution in [2.75, 3.05) is 0 Å². The average molecular weight is 593 g/mol. The molecular formula is C38H72O4. The topological polar surface area (TPSA) is 63.6 Å². The fraction of sp³-hybridized carbons (Fsp3) is 0.895. The van der Waals surface area contributed by atoms with Gasteiger partial charge in [0.15, 0.2) is 0 Å². The maximum absolute atomic E-state index is 12.6. The largest absolute Gasteiger partial charge is 0.481 e. The minimum Gasteiger partial charge on any atom is -0.481 e. The third-order valence-electron chi connectivity index (χ3n) is 8.49. The van der Waals surface area contributed by atoms with E-state index in [1.54, 1.807) is 0 Å². The number of esters is 1. The van der Waals surface area contributed by atoms with Crippen LogP contribution in [0.4, 0.5) is 0 Å². The first kappa shape index (κ1) is 40.7. The molecule has 0 aromatic carbocycles. The monoisotopic (exact) mass is 593 g/mol. The van der Waals surface area contributed by atoms with Crippen LogP contribution in [0, 0.1) is 0 Å². The molecule has 0 radical (unpaired) electrons. The minimum absolute atomic E-state index is 0.0256. The van der Waals surface area contributed by atoms with Crippen molar-refractivity contribution in [3.05, 3.63) is 12.2 Å². The minimum atomic E-state index is -0.677. The Kier molecular flexibility index (Phi) is 33.1. The summed E-state index contributed by atoms with van der Waals surface area (Å²) in [5, 5.41) is 8.72. The van der Waals surface area contributed by atoms with Crippen molar-refractivity contribution in [2.24, 2.45) is 0 Å². The SMILES string of the molecule is CCCC/C=C\CCCCCCCC(=O)OC(CCCCCCCCCCC)CCCCCCCCCCCC(=O)O. The first-order chi connectivity index (χ1) is 20.6. The summed E-state index contributed by atoms with van der Waals surface area (Å²) in [5.41, 5.74) is 0. The van der Waals surface area contributed by atoms with Crippen LogP contribution in [0.25, 0.3) is 0 Å². The van der Waals surface area contributed by atoms with E-state index >= 15 is 0 Å². The third-order valence-corrected chi connectivity index (χ3v) is 8.49. The molecule has 42 heavy (non-hydrogen) atoms. The van der Waals surface area contributed by atoms with E-state index in [0.29, 0.717) is 12.8 Å². The Morgan fingerprint density at radius 3 is 1.36 bits per heavy atom. The molecule has 0 aliphatic carbocycles. The van der Waals surface area contributed by atoms with Crippen molar-refractivity contribution in [3.63, 3.8) is 0 Å². The van der Waals surface area contributed by atoms with E-state index in [1.807, 2.05) is 0 Å². The smallest absolute Gasteiger partial charge is 0.306 e. The van der Waals surface area contributed by atoms with Gasteiger partial charge < -0.3 is 9.84 Å². The second-order valence-corrected chi connectivity index (χ2v) is 12.8. The van der Waals surface area contributed by atoms with Crippen LogP contribution < -0.4 is 0 Å². The molecule has 1 N–H and O–H groups in total. The third kappa shape index (κ3) is 33.2. The molecule has 0 heterocycles. The van der Waals surface area contributed by atoms with E-state index in [0.717, 1.165) is 51.4 Å². The molecule has 0 fully saturated rings. The molecule has 1 unspecified atom stereocenters. The quantitative estimate of drug-likeness (QED) is 0.0458. The average Bonchev–Trinajstić information content (AvgIpc) is 2.97. The van der Waals surface area contributed by atoms with Gasteiger partial charge in [0.05, 0.1) is 0 Å². The van der Waals surface area contributed by atoms with E-state index in [4.69, 9.17) is 9.84 Å². The summed E-state index contributed by atoms with van der Waals surface area (Å²) in [6, 6.07) is 0. The highest BCUT2D eigenvalue weighted by atomic mass is 16.5. The molecule has 1 atom stereocenters. The summed E-state index contributed by atoms with van der Waals surface area (Å²) in [4.78, 5) is 23.2. The highest BCUT2D eigenvalue weighted by Crippen LogP contribution is 2.19. The van der Waals surface area contributed by atoms with Crippen molar-refractivity contribution >= 4 is 11.9 Å². The molecule has 4 heteroatoms. The number of carboxylic acids is 1. The number of carboxylic acid groups (broad SMARTS) is 1. The van der Waals surface area contributed by atoms with Crippen LogP contribution in [-0.2, 0) is 14.3 Å². The molecule has 4 nitrogen and oxygen atoms in total. The number of rotatable bonds is 34. The summed E-state index contributed by atoms with van der Waals surface area (Å²) in [6.07, 6.45) is 40.9. The number of carbonyl (C=O) groups excluding carboxylic acids is 1. The predicted molar refractivity (Wildman–Crippen MR) is 181 cm³/mol. The Morgan fingerprint density at radius 2 is 0.881 bits per heavy atom. The van der Waals surface area contributed by atoms with Gasteiger partial charge in [-0.05, 0) is 57.8 Å². The second kappa shape index (κ2) is 34.2. The van der Waals surface area contributed by atoms with Gasteiger partial charge in [0.1, 0.15) is 6.10 Å². The Labute approximate surface area is 262 Å². The van der Waals surface area contributed by atoms with Gasteiger partial charge in [0.25, 0.3) is 0 Å². The standard InChI is InChI=1S/C38H72O4/c1-3-5-7-9-11-13-14-19-23-27-31-35-38(41)42-36(32-28-24-20-16-12-10-8-6-4-2)33-29-25-21-17-15-18-22-26-30-34-37(39)40/h9,11,36H,3-8,10,12-35H2,1-2H3,(H,39,40)/b11-9-. The molecule has 0 aliphatic rings. The zero-order valence-electron chi connectivity index (χ0n) is 28.3. The Morgan fingerprint density at radius 1 is 0.500 bits per heavy atom. The van der Waals surface area contributed by atoms with Crippen molar-refractivity contribution in [1.29, 1.82) is 0 Å². The van der Waals surface area contributed by atoms with Crippen LogP contribution in [0.2, 0.25) is 0 Å². The molecule has 0 amide bonds. The molecule has 0 rings (SSSR count). The Bertz CT molecular complexity index is 600. The van der Waals surface area contributed by atoms with E-state index < -0.39 is 5.97 Å². The zero-order valence-corrected chi connectivity index (χ0v) is 28.3. The summed E-state index contributed by atoms with van der Waals surface area (Å²) >= 11 is 0. The van der Waals surface area contributed by atoms with Crippen molar-refractivity contribution in [3.8, 4) is 0 Å². The highest BCUT2D eigenvalue weighted by molar-refractivity contribution is 5.69. The Balaban J connectivity index is 4.08. The van der Waals surface area contributed by atoms with Crippen LogP contribution in [0.3, 0.4) is 0 Å². The molecule has 0 aromatic heterocycles. The van der Waals surface area contributed by atoms with Crippen molar-refractivity contribution in [1.82, 2.24) is 0 Å². The molecule has 0 bridgehead atoms. The van der Waals surface area contributed by atoms with E-state index in [1.165, 1.54) is 135 Å². The van der Waals surface area contributed by atoms with Crippen LogP contribution in [0.15, 0.2) is 12.2 Å². The van der Waals surface area contributed by atoms with E-state index in [9.17, 15) is 9.59 Å². The zero-order chi connectivity index (χ0) is 30.8. The van der Waals surface area contributed by atoms with Gasteiger partial charge in [0, 0.05) is 12.8 Å². The second-order valence-electron chi connectivity index (χ2n) is 12.8. The number of hydrogen-bond acceptors (Lipinski definition) is 3. The van der Waals surface area contributed by atoms with Crippen LogP contribution in [0.1, 0.15) is 213 Å². The number of unbranched alkanes of at least 4 members (excludes halogenated alkanes) is 23. The summed E-state index contributed by atoms with van der Waals surface area (Å²) in [7, 11) is 0. The van der Waals surface area contributed by atoms with Gasteiger partial charge in [-0.1, -0.05) is 154 Å². The summed E-state index contributed by atoms with van der Waals surface area (Å²) < 4.78 is 6.02. The van der Waals surface area contributed by atoms with E-state index in [2.05, 4.69) is 26.0 Å². The van der Waals surface area contributed by atoms with Gasteiger partial charge in [-0.3, -0.25) is 9.59 Å². The number of hydrogen-bond donors (Lipinski definition) is 1.